The second-order valence-corrected chi connectivity index (χ2v) is 9.17. The van der Waals surface area contributed by atoms with Crippen molar-refractivity contribution in [1.82, 2.24) is 0 Å². The first-order chi connectivity index (χ1) is 14.3. The lowest BCUT2D eigenvalue weighted by atomic mass is 9.78. The highest BCUT2D eigenvalue weighted by molar-refractivity contribution is 14.1. The van der Waals surface area contributed by atoms with Crippen LogP contribution in [0.15, 0.2) is 6.07 Å². The van der Waals surface area contributed by atoms with E-state index in [2.05, 4.69) is 4.74 Å². The molecule has 0 spiro atoms. The van der Waals surface area contributed by atoms with Crippen molar-refractivity contribution >= 4 is 59.3 Å². The van der Waals surface area contributed by atoms with E-state index in [1.54, 1.807) is 18.1 Å². The average Bonchev–Trinajstić information content (AvgIpc) is 2.66. The molecule has 2 atom stereocenters. The number of alkyl halides is 3. The zero-order chi connectivity index (χ0) is 24.0. The highest BCUT2D eigenvalue weighted by Crippen LogP contribution is 2.33. The minimum Gasteiger partial charge on any atom is -0.507 e. The molecular weight excluding hydrogens is 549 g/mol. The van der Waals surface area contributed by atoms with Crippen molar-refractivity contribution in [3.63, 3.8) is 0 Å². The molecule has 1 aromatic rings. The van der Waals surface area contributed by atoms with Crippen LogP contribution in [-0.4, -0.2) is 62.9 Å². The Morgan fingerprint density at radius 3 is 2.26 bits per heavy atom. The van der Waals surface area contributed by atoms with Crippen molar-refractivity contribution in [3.8, 4) is 5.75 Å². The number of carbonyl (C=O) groups excluding carboxylic acids is 1. The third kappa shape index (κ3) is 8.19. The summed E-state index contributed by atoms with van der Waals surface area (Å²) in [4.78, 5) is 12.5. The van der Waals surface area contributed by atoms with Crippen molar-refractivity contribution < 1.29 is 40.8 Å². The molecule has 2 N–H and O–H groups in total. The molecule has 0 saturated carbocycles. The van der Waals surface area contributed by atoms with E-state index in [4.69, 9.17) is 20.2 Å². The molecule has 0 aliphatic heterocycles. The van der Waals surface area contributed by atoms with Crippen LogP contribution >= 0.6 is 22.4 Å². The van der Waals surface area contributed by atoms with Gasteiger partial charge in [-0.3, -0.25) is 9.35 Å². The summed E-state index contributed by atoms with van der Waals surface area (Å²) in [5.74, 6) is -4.23. The lowest BCUT2D eigenvalue weighted by Gasteiger charge is -2.24. The third-order valence-corrected chi connectivity index (χ3v) is 5.84. The molecule has 0 aromatic heterocycles. The summed E-state index contributed by atoms with van der Waals surface area (Å²) >= 11 is 1.97. The quantitative estimate of drug-likeness (QED) is 0.184. The van der Waals surface area contributed by atoms with Gasteiger partial charge < -0.3 is 9.84 Å². The van der Waals surface area contributed by atoms with E-state index in [0.29, 0.717) is 28.6 Å². The SMILES string of the molecule is [B]Cc1cc(C[B])c(CC(CC)C(=O)OC(CS(=O)(=O)O)C(F)(F)F)c(C[B]I)c1O. The molecule has 0 amide bonds. The Bertz CT molecular complexity index is 883. The van der Waals surface area contributed by atoms with Gasteiger partial charge in [-0.2, -0.15) is 44.0 Å². The van der Waals surface area contributed by atoms with Crippen molar-refractivity contribution in [1.29, 1.82) is 0 Å². The Morgan fingerprint density at radius 1 is 1.26 bits per heavy atom. The van der Waals surface area contributed by atoms with Gasteiger partial charge in [-0.1, -0.05) is 31.2 Å². The van der Waals surface area contributed by atoms with E-state index >= 15 is 0 Å². The van der Waals surface area contributed by atoms with E-state index in [0.717, 1.165) is 0 Å². The lowest BCUT2D eigenvalue weighted by Crippen LogP contribution is -2.41. The van der Waals surface area contributed by atoms with Crippen LogP contribution in [0.5, 0.6) is 5.75 Å². The largest absolute Gasteiger partial charge is 0.507 e. The Morgan fingerprint density at radius 2 is 1.84 bits per heavy atom. The third-order valence-electron chi connectivity index (χ3n) is 4.67. The van der Waals surface area contributed by atoms with Crippen LogP contribution in [0.4, 0.5) is 13.2 Å². The van der Waals surface area contributed by atoms with Gasteiger partial charge in [-0.05, 0) is 35.9 Å². The second kappa shape index (κ2) is 11.8. The van der Waals surface area contributed by atoms with Gasteiger partial charge in [0.25, 0.3) is 10.1 Å². The Hall–Kier alpha value is -0.885. The highest BCUT2D eigenvalue weighted by Gasteiger charge is 2.46. The van der Waals surface area contributed by atoms with Crippen LogP contribution < -0.4 is 0 Å². The zero-order valence-corrected chi connectivity index (χ0v) is 19.6. The molecule has 0 bridgehead atoms. The number of esters is 1. The maximum atomic E-state index is 13.1. The van der Waals surface area contributed by atoms with E-state index < -0.39 is 40.0 Å². The summed E-state index contributed by atoms with van der Waals surface area (Å²) in [6.45, 7) is 1.55. The van der Waals surface area contributed by atoms with E-state index in [-0.39, 0.29) is 31.2 Å². The van der Waals surface area contributed by atoms with Gasteiger partial charge >= 0.3 is 12.1 Å². The first kappa shape index (κ1) is 28.1. The Labute approximate surface area is 196 Å². The van der Waals surface area contributed by atoms with E-state index in [1.165, 1.54) is 0 Å². The van der Waals surface area contributed by atoms with Crippen molar-refractivity contribution in [3.05, 3.63) is 28.3 Å². The van der Waals surface area contributed by atoms with Gasteiger partial charge in [0, 0.05) is 0 Å². The first-order valence-corrected chi connectivity index (χ1v) is 12.0. The van der Waals surface area contributed by atoms with Crippen molar-refractivity contribution in [2.45, 2.75) is 51.0 Å². The minimum atomic E-state index is -5.19. The maximum absolute atomic E-state index is 13.1. The van der Waals surface area contributed by atoms with Gasteiger partial charge in [-0.25, -0.2) is 0 Å². The summed E-state index contributed by atoms with van der Waals surface area (Å²) in [5, 5.41) is 12.2. The van der Waals surface area contributed by atoms with Crippen molar-refractivity contribution in [2.75, 3.05) is 5.75 Å². The summed E-state index contributed by atoms with van der Waals surface area (Å²) in [6.07, 6.45) is -7.83. The Kier molecular flexibility index (Phi) is 10.7. The van der Waals surface area contributed by atoms with Crippen molar-refractivity contribution in [2.24, 2.45) is 5.92 Å². The van der Waals surface area contributed by atoms with E-state index in [9.17, 15) is 31.5 Å². The van der Waals surface area contributed by atoms with E-state index in [1.807, 2.05) is 22.4 Å². The fourth-order valence-corrected chi connectivity index (χ4v) is 4.13. The van der Waals surface area contributed by atoms with Gasteiger partial charge in [0.2, 0.25) is 11.2 Å². The molecule has 0 heterocycles. The molecule has 0 aliphatic carbocycles. The molecule has 2 unspecified atom stereocenters. The fourth-order valence-electron chi connectivity index (χ4n) is 3.05. The normalized spacial score (nSPS) is 14.1. The van der Waals surface area contributed by atoms with Crippen LogP contribution in [0.3, 0.4) is 0 Å². The standard InChI is InChI=1S/C17H20B3F3IO6S/c1-2-9(16(26)30-14(17(21,22)23)8-31(27,28)29)4-12-10(5-18)3-11(6-19)15(25)13(12)7-20-24/h3,9,14,25H,2,4-8H2,1H3,(H,27,28,29). The number of halogens is 4. The highest BCUT2D eigenvalue weighted by atomic mass is 127. The molecule has 167 valence electrons. The number of phenols is 1. The molecule has 31 heavy (non-hydrogen) atoms. The molecule has 0 aliphatic rings. The molecule has 0 saturated heterocycles. The maximum Gasteiger partial charge on any atom is 0.426 e. The summed E-state index contributed by atoms with van der Waals surface area (Å²) < 4.78 is 74.3. The molecule has 1 aromatic carbocycles. The van der Waals surface area contributed by atoms with Crippen LogP contribution in [-0.2, 0) is 45.0 Å². The smallest absolute Gasteiger partial charge is 0.426 e. The van der Waals surface area contributed by atoms with Crippen LogP contribution in [0.2, 0.25) is 0 Å². The molecule has 6 nitrogen and oxygen atoms in total. The second-order valence-electron chi connectivity index (χ2n) is 6.79. The van der Waals surface area contributed by atoms with Gasteiger partial charge in [0.05, 0.1) is 21.6 Å². The molecule has 5 radical (unpaired) electrons. The number of hydrogen-bond acceptors (Lipinski definition) is 5. The number of ether oxygens (including phenoxy) is 1. The Balaban J connectivity index is 3.29. The first-order valence-electron chi connectivity index (χ1n) is 9.18. The minimum absolute atomic E-state index is 0.0372. The molecule has 14 heteroatoms. The number of benzene rings is 1. The predicted octanol–water partition coefficient (Wildman–Crippen LogP) is 2.21. The number of carbonyl (C=O) groups is 1. The fraction of sp³-hybridized carbons (Fsp3) is 0.588. The number of hydrogen-bond donors (Lipinski definition) is 2. The monoisotopic (exact) mass is 569 g/mol. The average molecular weight is 569 g/mol. The summed E-state index contributed by atoms with van der Waals surface area (Å²) in [6, 6.07) is 1.58. The lowest BCUT2D eigenvalue weighted by molar-refractivity contribution is -0.217. The van der Waals surface area contributed by atoms with Gasteiger partial charge in [0.15, 0.2) is 0 Å². The predicted molar refractivity (Wildman–Crippen MR) is 120 cm³/mol. The number of rotatable bonds is 11. The zero-order valence-electron chi connectivity index (χ0n) is 16.7. The van der Waals surface area contributed by atoms with Gasteiger partial charge in [0.1, 0.15) is 11.5 Å². The molecule has 1 rings (SSSR count). The van der Waals surface area contributed by atoms with Gasteiger partial charge in [-0.15, -0.1) is 0 Å². The topological polar surface area (TPSA) is 101 Å². The summed E-state index contributed by atoms with van der Waals surface area (Å²) in [7, 11) is 6.40. The van der Waals surface area contributed by atoms with Crippen LogP contribution in [0.1, 0.15) is 35.6 Å². The van der Waals surface area contributed by atoms with Crippen LogP contribution in [0, 0.1) is 5.92 Å². The molecule has 0 fully saturated rings. The van der Waals surface area contributed by atoms with Crippen LogP contribution in [0.25, 0.3) is 0 Å². The number of aromatic hydroxyl groups is 1. The summed E-state index contributed by atoms with van der Waals surface area (Å²) in [5.41, 5.74) is 1.96. The number of phenolic OH excluding ortho intramolecular Hbond substituents is 1. The molecular formula is C17H20B3F3IO6S.